The van der Waals surface area contributed by atoms with Gasteiger partial charge in [0.25, 0.3) is 0 Å². The molecule has 1 aliphatic heterocycles. The average molecular weight is 333 g/mol. The van der Waals surface area contributed by atoms with Crippen LogP contribution < -0.4 is 10.1 Å². The normalized spacial score (nSPS) is 20.7. The van der Waals surface area contributed by atoms with Gasteiger partial charge in [0.2, 0.25) is 0 Å². The first kappa shape index (κ1) is 16.8. The third-order valence-corrected chi connectivity index (χ3v) is 4.29. The van der Waals surface area contributed by atoms with Crippen LogP contribution in [0.3, 0.4) is 0 Å². The lowest BCUT2D eigenvalue weighted by Crippen LogP contribution is -2.39. The van der Waals surface area contributed by atoms with E-state index in [1.807, 2.05) is 0 Å². The largest absolute Gasteiger partial charge is 0.489 e. The van der Waals surface area contributed by atoms with E-state index in [4.69, 9.17) is 27.9 Å². The van der Waals surface area contributed by atoms with E-state index < -0.39 is 6.10 Å². The number of likely N-dealkylation sites (N-methyl/N-ethyl adjacent to an activating group) is 1. The summed E-state index contributed by atoms with van der Waals surface area (Å²) in [6.45, 7) is 2.77. The second kappa shape index (κ2) is 8.20. The Hall–Kier alpha value is -0.520. The summed E-state index contributed by atoms with van der Waals surface area (Å²) in [6, 6.07) is 5.62. The van der Waals surface area contributed by atoms with Gasteiger partial charge in [-0.15, -0.1) is 0 Å². The summed E-state index contributed by atoms with van der Waals surface area (Å²) in [5.74, 6) is 0.538. The summed E-state index contributed by atoms with van der Waals surface area (Å²) in [6.07, 6.45) is 1.91. The van der Waals surface area contributed by atoms with Crippen LogP contribution in [0.15, 0.2) is 18.2 Å². The van der Waals surface area contributed by atoms with Gasteiger partial charge in [0.1, 0.15) is 18.5 Å². The minimum absolute atomic E-state index is 0.203. The predicted octanol–water partition coefficient (Wildman–Crippen LogP) is 2.42. The van der Waals surface area contributed by atoms with Crippen molar-refractivity contribution < 1.29 is 9.84 Å². The van der Waals surface area contributed by atoms with Crippen LogP contribution in [0.5, 0.6) is 5.75 Å². The minimum atomic E-state index is -0.566. The summed E-state index contributed by atoms with van der Waals surface area (Å²) in [5.41, 5.74) is 0. The maximum absolute atomic E-state index is 9.93. The monoisotopic (exact) mass is 332 g/mol. The number of hydrogen-bond donors (Lipinski definition) is 2. The number of aliphatic hydroxyl groups is 1. The van der Waals surface area contributed by atoms with Gasteiger partial charge in [-0.2, -0.15) is 0 Å². The van der Waals surface area contributed by atoms with E-state index in [1.165, 1.54) is 12.8 Å². The highest BCUT2D eigenvalue weighted by molar-refractivity contribution is 6.35. The number of nitrogens with zero attached hydrogens (tertiary/aromatic N) is 1. The molecular formula is C15H22Cl2N2O2. The van der Waals surface area contributed by atoms with Crippen LogP contribution in [0.2, 0.25) is 10.0 Å². The smallest absolute Gasteiger partial charge is 0.138 e. The number of halogens is 2. The molecule has 1 aliphatic rings. The van der Waals surface area contributed by atoms with Crippen LogP contribution in [-0.4, -0.2) is 55.4 Å². The Labute approximate surface area is 136 Å². The number of hydrogen-bond acceptors (Lipinski definition) is 4. The van der Waals surface area contributed by atoms with Crippen LogP contribution in [0.4, 0.5) is 0 Å². The molecule has 2 unspecified atom stereocenters. The summed E-state index contributed by atoms with van der Waals surface area (Å²) in [5, 5.41) is 14.2. The molecular weight excluding hydrogens is 311 g/mol. The Bertz CT molecular complexity index is 459. The van der Waals surface area contributed by atoms with Gasteiger partial charge < -0.3 is 20.1 Å². The Morgan fingerprint density at radius 3 is 2.95 bits per heavy atom. The third kappa shape index (κ3) is 5.31. The van der Waals surface area contributed by atoms with Crippen molar-refractivity contribution in [2.45, 2.75) is 25.0 Å². The Kier molecular flexibility index (Phi) is 6.58. The quantitative estimate of drug-likeness (QED) is 0.804. The minimum Gasteiger partial charge on any atom is -0.489 e. The van der Waals surface area contributed by atoms with Crippen LogP contribution >= 0.6 is 23.2 Å². The topological polar surface area (TPSA) is 44.7 Å². The van der Waals surface area contributed by atoms with E-state index in [2.05, 4.69) is 17.3 Å². The van der Waals surface area contributed by atoms with Gasteiger partial charge in [-0.25, -0.2) is 0 Å². The molecule has 4 nitrogen and oxygen atoms in total. The van der Waals surface area contributed by atoms with Crippen molar-refractivity contribution in [3.63, 3.8) is 0 Å². The first-order valence-corrected chi connectivity index (χ1v) is 7.98. The van der Waals surface area contributed by atoms with E-state index >= 15 is 0 Å². The first-order valence-electron chi connectivity index (χ1n) is 7.23. The molecule has 118 valence electrons. The summed E-state index contributed by atoms with van der Waals surface area (Å²) >= 11 is 11.8. The lowest BCUT2D eigenvalue weighted by atomic mass is 10.2. The highest BCUT2D eigenvalue weighted by Gasteiger charge is 2.20. The highest BCUT2D eigenvalue weighted by atomic mass is 35.5. The molecule has 0 amide bonds. The summed E-state index contributed by atoms with van der Waals surface area (Å²) < 4.78 is 5.51. The zero-order valence-corrected chi connectivity index (χ0v) is 13.7. The fourth-order valence-corrected chi connectivity index (χ4v) is 2.95. The van der Waals surface area contributed by atoms with Crippen LogP contribution in [0.25, 0.3) is 0 Å². The third-order valence-electron chi connectivity index (χ3n) is 3.76. The predicted molar refractivity (Wildman–Crippen MR) is 86.5 cm³/mol. The molecule has 6 heteroatoms. The number of aliphatic hydroxyl groups excluding tert-OH is 1. The molecule has 1 heterocycles. The van der Waals surface area contributed by atoms with Gasteiger partial charge in [-0.1, -0.05) is 23.2 Å². The number of benzene rings is 1. The Morgan fingerprint density at radius 1 is 1.48 bits per heavy atom. The molecule has 1 aromatic carbocycles. The van der Waals surface area contributed by atoms with E-state index in [-0.39, 0.29) is 6.61 Å². The number of likely N-dealkylation sites (tertiary alicyclic amines) is 1. The van der Waals surface area contributed by atoms with Crippen molar-refractivity contribution in [3.05, 3.63) is 28.2 Å². The zero-order valence-electron chi connectivity index (χ0n) is 12.2. The van der Waals surface area contributed by atoms with Gasteiger partial charge in [-0.3, -0.25) is 0 Å². The molecule has 21 heavy (non-hydrogen) atoms. The van der Waals surface area contributed by atoms with E-state index in [0.717, 1.165) is 13.1 Å². The molecule has 0 aliphatic carbocycles. The number of nitrogens with one attached hydrogen (secondary N) is 1. The fraction of sp³-hybridized carbons (Fsp3) is 0.600. The molecule has 2 rings (SSSR count). The maximum atomic E-state index is 9.93. The molecule has 0 aromatic heterocycles. The molecule has 0 bridgehead atoms. The SMILES string of the molecule is CN1CCCC1CNCC(O)COc1ccc(Cl)cc1Cl. The van der Waals surface area contributed by atoms with E-state index in [1.54, 1.807) is 18.2 Å². The van der Waals surface area contributed by atoms with Gasteiger partial charge >= 0.3 is 0 Å². The molecule has 0 radical (unpaired) electrons. The lowest BCUT2D eigenvalue weighted by molar-refractivity contribution is 0.105. The van der Waals surface area contributed by atoms with Crippen molar-refractivity contribution in [2.24, 2.45) is 0 Å². The molecule has 1 fully saturated rings. The van der Waals surface area contributed by atoms with Gasteiger partial charge in [0.15, 0.2) is 0 Å². The van der Waals surface area contributed by atoms with Crippen molar-refractivity contribution in [3.8, 4) is 5.75 Å². The van der Waals surface area contributed by atoms with Crippen molar-refractivity contribution in [1.29, 1.82) is 0 Å². The summed E-state index contributed by atoms with van der Waals surface area (Å²) in [7, 11) is 2.14. The first-order chi connectivity index (χ1) is 10.1. The Balaban J connectivity index is 1.66. The van der Waals surface area contributed by atoms with Crippen molar-refractivity contribution in [1.82, 2.24) is 10.2 Å². The molecule has 1 aromatic rings. The molecule has 2 N–H and O–H groups in total. The Morgan fingerprint density at radius 2 is 2.29 bits per heavy atom. The maximum Gasteiger partial charge on any atom is 0.138 e. The molecule has 2 atom stereocenters. The second-order valence-electron chi connectivity index (χ2n) is 5.47. The van der Waals surface area contributed by atoms with Gasteiger partial charge in [0.05, 0.1) is 5.02 Å². The van der Waals surface area contributed by atoms with E-state index in [9.17, 15) is 5.11 Å². The highest BCUT2D eigenvalue weighted by Crippen LogP contribution is 2.27. The van der Waals surface area contributed by atoms with Crippen LogP contribution in [0, 0.1) is 0 Å². The fourth-order valence-electron chi connectivity index (χ4n) is 2.49. The number of ether oxygens (including phenoxy) is 1. The number of rotatable bonds is 7. The van der Waals surface area contributed by atoms with Crippen molar-refractivity contribution >= 4 is 23.2 Å². The lowest BCUT2D eigenvalue weighted by Gasteiger charge is -2.21. The van der Waals surface area contributed by atoms with Gasteiger partial charge in [0, 0.05) is 24.2 Å². The van der Waals surface area contributed by atoms with Crippen molar-refractivity contribution in [2.75, 3.05) is 33.3 Å². The molecule has 0 spiro atoms. The average Bonchev–Trinajstić information content (AvgIpc) is 2.83. The van der Waals surface area contributed by atoms with E-state index in [0.29, 0.717) is 28.4 Å². The zero-order chi connectivity index (χ0) is 15.2. The standard InChI is InChI=1S/C15H22Cl2N2O2/c1-19-6-2-3-12(19)8-18-9-13(20)10-21-15-5-4-11(16)7-14(15)17/h4-5,7,12-13,18,20H,2-3,6,8-10H2,1H3. The second-order valence-corrected chi connectivity index (χ2v) is 6.32. The van der Waals surface area contributed by atoms with Crippen LogP contribution in [-0.2, 0) is 0 Å². The van der Waals surface area contributed by atoms with Crippen LogP contribution in [0.1, 0.15) is 12.8 Å². The molecule has 1 saturated heterocycles. The van der Waals surface area contributed by atoms with Gasteiger partial charge in [-0.05, 0) is 44.6 Å². The summed E-state index contributed by atoms with van der Waals surface area (Å²) in [4.78, 5) is 2.35. The molecule has 0 saturated carbocycles.